The van der Waals surface area contributed by atoms with E-state index in [1.54, 1.807) is 0 Å². The monoisotopic (exact) mass is 342 g/mol. The van der Waals surface area contributed by atoms with Crippen LogP contribution in [0.4, 0.5) is 0 Å². The highest BCUT2D eigenvalue weighted by atomic mass is 16.5. The van der Waals surface area contributed by atoms with Gasteiger partial charge in [-0.1, -0.05) is 72.6 Å². The highest BCUT2D eigenvalue weighted by Gasteiger charge is 2.14. The maximum Gasteiger partial charge on any atom is 0.305 e. The molecule has 0 bridgehead atoms. The second-order valence-electron chi connectivity index (χ2n) is 7.77. The van der Waals surface area contributed by atoms with E-state index in [9.17, 15) is 9.59 Å². The number of hydrogen-bond donors (Lipinski definition) is 0. The molecule has 4 heteroatoms. The van der Waals surface area contributed by atoms with Crippen LogP contribution in [0.25, 0.3) is 0 Å². The van der Waals surface area contributed by atoms with Gasteiger partial charge in [0.25, 0.3) is 0 Å². The lowest BCUT2D eigenvalue weighted by atomic mass is 9.99. The lowest BCUT2D eigenvalue weighted by Gasteiger charge is -2.17. The van der Waals surface area contributed by atoms with Gasteiger partial charge in [0.1, 0.15) is 0 Å². The fraction of sp³-hybridized carbons (Fsp3) is 0.900. The first-order chi connectivity index (χ1) is 11.3. The molecule has 0 aromatic carbocycles. The fourth-order valence-corrected chi connectivity index (χ4v) is 2.24. The molecule has 0 aliphatic heterocycles. The molecule has 0 radical (unpaired) electrons. The maximum atomic E-state index is 11.6. The van der Waals surface area contributed by atoms with Crippen LogP contribution in [0.2, 0.25) is 0 Å². The number of rotatable bonds is 14. The quantitative estimate of drug-likeness (QED) is 0.312. The third-order valence-corrected chi connectivity index (χ3v) is 3.69. The van der Waals surface area contributed by atoms with Crippen LogP contribution in [0.15, 0.2) is 0 Å². The number of hydrogen-bond acceptors (Lipinski definition) is 4. The average molecular weight is 343 g/mol. The first-order valence-corrected chi connectivity index (χ1v) is 9.66. The van der Waals surface area contributed by atoms with E-state index in [4.69, 9.17) is 9.47 Å². The second kappa shape index (κ2) is 14.3. The van der Waals surface area contributed by atoms with E-state index in [2.05, 4.69) is 6.92 Å². The Labute approximate surface area is 148 Å². The topological polar surface area (TPSA) is 52.6 Å². The molecule has 4 nitrogen and oxygen atoms in total. The Morgan fingerprint density at radius 1 is 0.708 bits per heavy atom. The fourth-order valence-electron chi connectivity index (χ4n) is 2.24. The van der Waals surface area contributed by atoms with Crippen LogP contribution in [0.3, 0.4) is 0 Å². The number of unbranched alkanes of at least 4 members (excludes halogenated alkanes) is 7. The minimum Gasteiger partial charge on any atom is -0.466 e. The first-order valence-electron chi connectivity index (χ1n) is 9.66. The van der Waals surface area contributed by atoms with Crippen LogP contribution in [0.1, 0.15) is 98.3 Å². The van der Waals surface area contributed by atoms with Crippen molar-refractivity contribution in [2.45, 2.75) is 98.3 Å². The van der Waals surface area contributed by atoms with Crippen molar-refractivity contribution in [2.75, 3.05) is 13.2 Å². The molecule has 0 rings (SSSR count). The highest BCUT2D eigenvalue weighted by molar-refractivity contribution is 5.72. The Morgan fingerprint density at radius 2 is 1.21 bits per heavy atom. The van der Waals surface area contributed by atoms with Crippen LogP contribution < -0.4 is 0 Å². The Kier molecular flexibility index (Phi) is 13.7. The number of esters is 2. The van der Waals surface area contributed by atoms with E-state index in [0.29, 0.717) is 26.1 Å². The predicted molar refractivity (Wildman–Crippen MR) is 97.8 cm³/mol. The molecule has 0 spiro atoms. The molecular weight excluding hydrogens is 304 g/mol. The van der Waals surface area contributed by atoms with Crippen LogP contribution in [0.5, 0.6) is 0 Å². The van der Waals surface area contributed by atoms with Gasteiger partial charge in [-0.05, 0) is 18.3 Å². The summed E-state index contributed by atoms with van der Waals surface area (Å²) >= 11 is 0. The number of carbonyl (C=O) groups is 2. The van der Waals surface area contributed by atoms with Crippen LogP contribution in [0, 0.1) is 5.41 Å². The van der Waals surface area contributed by atoms with Crippen LogP contribution >= 0.6 is 0 Å². The zero-order valence-electron chi connectivity index (χ0n) is 16.3. The van der Waals surface area contributed by atoms with Crippen molar-refractivity contribution >= 4 is 11.9 Å². The molecule has 0 aliphatic carbocycles. The van der Waals surface area contributed by atoms with Gasteiger partial charge in [-0.25, -0.2) is 0 Å². The van der Waals surface area contributed by atoms with E-state index in [1.165, 1.54) is 38.5 Å². The zero-order chi connectivity index (χ0) is 18.3. The second-order valence-corrected chi connectivity index (χ2v) is 7.77. The van der Waals surface area contributed by atoms with E-state index >= 15 is 0 Å². The van der Waals surface area contributed by atoms with E-state index < -0.39 is 0 Å². The Hall–Kier alpha value is -1.06. The molecule has 0 amide bonds. The average Bonchev–Trinajstić information content (AvgIpc) is 2.50. The van der Waals surface area contributed by atoms with Crippen molar-refractivity contribution in [3.05, 3.63) is 0 Å². The number of ether oxygens (including phenoxy) is 2. The van der Waals surface area contributed by atoms with E-state index in [1.807, 2.05) is 20.8 Å². The van der Waals surface area contributed by atoms with Crippen molar-refractivity contribution < 1.29 is 19.1 Å². The first kappa shape index (κ1) is 22.9. The summed E-state index contributed by atoms with van der Waals surface area (Å²) in [7, 11) is 0. The normalized spacial score (nSPS) is 11.3. The highest BCUT2D eigenvalue weighted by Crippen LogP contribution is 2.13. The van der Waals surface area contributed by atoms with Crippen LogP contribution in [-0.2, 0) is 19.1 Å². The largest absolute Gasteiger partial charge is 0.466 e. The molecule has 0 aromatic heterocycles. The molecule has 142 valence electrons. The summed E-state index contributed by atoms with van der Waals surface area (Å²) in [5.41, 5.74) is -0.0232. The molecular formula is C20H38O4. The Balaban J connectivity index is 3.39. The van der Waals surface area contributed by atoms with Gasteiger partial charge in [0, 0.05) is 12.8 Å². The Morgan fingerprint density at radius 3 is 1.75 bits per heavy atom. The SMILES string of the molecule is CCCCCCCCCCOC(=O)CCCC(=O)OCC(C)(C)C. The molecule has 0 unspecified atom stereocenters. The van der Waals surface area contributed by atoms with Gasteiger partial charge in [0.2, 0.25) is 0 Å². The summed E-state index contributed by atoms with van der Waals surface area (Å²) in [4.78, 5) is 23.1. The van der Waals surface area contributed by atoms with Crippen molar-refractivity contribution in [3.63, 3.8) is 0 Å². The zero-order valence-corrected chi connectivity index (χ0v) is 16.3. The standard InChI is InChI=1S/C20H38O4/c1-5-6-7-8-9-10-11-12-16-23-18(21)14-13-15-19(22)24-17-20(2,3)4/h5-17H2,1-4H3. The third-order valence-electron chi connectivity index (χ3n) is 3.69. The maximum absolute atomic E-state index is 11.6. The molecule has 0 heterocycles. The lowest BCUT2D eigenvalue weighted by Crippen LogP contribution is -2.18. The summed E-state index contributed by atoms with van der Waals surface area (Å²) in [5, 5.41) is 0. The predicted octanol–water partition coefficient (Wildman–Crippen LogP) is 5.43. The minimum atomic E-state index is -0.235. The van der Waals surface area contributed by atoms with Crippen molar-refractivity contribution in [1.29, 1.82) is 0 Å². The van der Waals surface area contributed by atoms with E-state index in [0.717, 1.165) is 12.8 Å². The van der Waals surface area contributed by atoms with Crippen molar-refractivity contribution in [2.24, 2.45) is 5.41 Å². The molecule has 0 saturated heterocycles. The van der Waals surface area contributed by atoms with Gasteiger partial charge >= 0.3 is 11.9 Å². The molecule has 0 atom stereocenters. The lowest BCUT2D eigenvalue weighted by molar-refractivity contribution is -0.147. The smallest absolute Gasteiger partial charge is 0.305 e. The minimum absolute atomic E-state index is 0.0232. The summed E-state index contributed by atoms with van der Waals surface area (Å²) in [6.45, 7) is 9.19. The van der Waals surface area contributed by atoms with Gasteiger partial charge in [-0.2, -0.15) is 0 Å². The molecule has 0 N–H and O–H groups in total. The van der Waals surface area contributed by atoms with Gasteiger partial charge in [0.15, 0.2) is 0 Å². The molecule has 0 fully saturated rings. The van der Waals surface area contributed by atoms with Gasteiger partial charge in [-0.3, -0.25) is 9.59 Å². The number of carbonyl (C=O) groups excluding carboxylic acids is 2. The van der Waals surface area contributed by atoms with Gasteiger partial charge in [0.05, 0.1) is 13.2 Å². The molecule has 24 heavy (non-hydrogen) atoms. The summed E-state index contributed by atoms with van der Waals surface area (Å²) in [6.07, 6.45) is 10.9. The summed E-state index contributed by atoms with van der Waals surface area (Å²) < 4.78 is 10.3. The van der Waals surface area contributed by atoms with Gasteiger partial charge in [-0.15, -0.1) is 0 Å². The van der Waals surface area contributed by atoms with Crippen LogP contribution in [-0.4, -0.2) is 25.2 Å². The summed E-state index contributed by atoms with van der Waals surface area (Å²) in [6, 6.07) is 0. The van der Waals surface area contributed by atoms with Crippen molar-refractivity contribution in [1.82, 2.24) is 0 Å². The van der Waals surface area contributed by atoms with Gasteiger partial charge < -0.3 is 9.47 Å². The Bertz CT molecular complexity index is 331. The molecule has 0 aromatic rings. The van der Waals surface area contributed by atoms with E-state index in [-0.39, 0.29) is 23.8 Å². The van der Waals surface area contributed by atoms with Crippen molar-refractivity contribution in [3.8, 4) is 0 Å². The third kappa shape index (κ3) is 17.3. The molecule has 0 saturated carbocycles. The molecule has 0 aliphatic rings. The summed E-state index contributed by atoms with van der Waals surface area (Å²) in [5.74, 6) is -0.442.